The number of rotatable bonds is 5. The van der Waals surface area contributed by atoms with Gasteiger partial charge in [0.05, 0.1) is 23.5 Å². The molecule has 1 saturated carbocycles. The van der Waals surface area contributed by atoms with E-state index in [4.69, 9.17) is 0 Å². The van der Waals surface area contributed by atoms with Crippen molar-refractivity contribution in [2.24, 2.45) is 0 Å². The van der Waals surface area contributed by atoms with Crippen molar-refractivity contribution in [3.63, 3.8) is 0 Å². The Bertz CT molecular complexity index is 1200. The maximum absolute atomic E-state index is 13.8. The van der Waals surface area contributed by atoms with Crippen LogP contribution in [0, 0.1) is 5.82 Å². The van der Waals surface area contributed by atoms with Gasteiger partial charge < -0.3 is 10.4 Å². The van der Waals surface area contributed by atoms with Crippen molar-refractivity contribution in [2.45, 2.75) is 37.8 Å². The summed E-state index contributed by atoms with van der Waals surface area (Å²) in [5.74, 6) is -1.32. The second kappa shape index (κ2) is 8.91. The lowest BCUT2D eigenvalue weighted by atomic mass is 10.1. The Morgan fingerprint density at radius 3 is 2.62 bits per heavy atom. The first-order valence-corrected chi connectivity index (χ1v) is 9.97. The van der Waals surface area contributed by atoms with Crippen LogP contribution in [0.2, 0.25) is 0 Å². The number of nitrogens with one attached hydrogen (secondary N) is 1. The number of hydrogen-bond donors (Lipinski definition) is 2. The number of amides is 1. The number of carbonyl (C=O) groups excluding carboxylic acids is 1. The molecular formula is C22H19F3N4O3. The highest BCUT2D eigenvalue weighted by atomic mass is 19.3. The molecule has 2 heterocycles. The predicted molar refractivity (Wildman–Crippen MR) is 109 cm³/mol. The summed E-state index contributed by atoms with van der Waals surface area (Å²) < 4.78 is 40.3. The van der Waals surface area contributed by atoms with Crippen molar-refractivity contribution in [1.82, 2.24) is 20.1 Å². The van der Waals surface area contributed by atoms with Crippen LogP contribution in [0.4, 0.5) is 13.2 Å². The molecule has 0 aliphatic heterocycles. The summed E-state index contributed by atoms with van der Waals surface area (Å²) in [5, 5.41) is 16.9. The number of benzene rings is 1. The van der Waals surface area contributed by atoms with Crippen molar-refractivity contribution in [2.75, 3.05) is 0 Å². The van der Waals surface area contributed by atoms with E-state index in [1.54, 1.807) is 0 Å². The fraction of sp³-hybridized carbons (Fsp3) is 0.273. The summed E-state index contributed by atoms with van der Waals surface area (Å²) >= 11 is 0. The highest BCUT2D eigenvalue weighted by Crippen LogP contribution is 2.22. The van der Waals surface area contributed by atoms with Crippen molar-refractivity contribution in [1.29, 1.82) is 0 Å². The standard InChI is InChI=1S/C22H19F3N4O3/c23-13-3-1-4-14(9-13)29-22(32)15(21(31)27-16-5-2-6-19(16)30)10-18(28-29)12-7-8-17(20(24)25)26-11-12/h1,3-4,7-11,16,19-20,30H,2,5-6H2,(H,27,31)/t16-,19+/m0/s1. The predicted octanol–water partition coefficient (Wildman–Crippen LogP) is 3.01. The molecule has 4 rings (SSSR count). The van der Waals surface area contributed by atoms with Crippen molar-refractivity contribution >= 4 is 5.91 Å². The minimum atomic E-state index is -2.75. The van der Waals surface area contributed by atoms with E-state index >= 15 is 0 Å². The molecule has 1 aromatic carbocycles. The Hall–Kier alpha value is -3.53. The van der Waals surface area contributed by atoms with E-state index in [2.05, 4.69) is 15.4 Å². The number of aromatic nitrogens is 3. The molecule has 1 fully saturated rings. The van der Waals surface area contributed by atoms with Crippen LogP contribution >= 0.6 is 0 Å². The quantitative estimate of drug-likeness (QED) is 0.631. The third-order valence-electron chi connectivity index (χ3n) is 5.31. The fourth-order valence-corrected chi connectivity index (χ4v) is 3.62. The Morgan fingerprint density at radius 1 is 1.19 bits per heavy atom. The fourth-order valence-electron chi connectivity index (χ4n) is 3.62. The normalized spacial score (nSPS) is 18.2. The van der Waals surface area contributed by atoms with E-state index in [0.717, 1.165) is 29.4 Å². The highest BCUT2D eigenvalue weighted by molar-refractivity contribution is 5.95. The highest BCUT2D eigenvalue weighted by Gasteiger charge is 2.28. The zero-order chi connectivity index (χ0) is 22.8. The lowest BCUT2D eigenvalue weighted by Crippen LogP contribution is -2.42. The monoisotopic (exact) mass is 444 g/mol. The maximum atomic E-state index is 13.8. The number of aliphatic hydroxyl groups is 1. The third-order valence-corrected chi connectivity index (χ3v) is 5.31. The largest absolute Gasteiger partial charge is 0.391 e. The number of nitrogens with zero attached hydrogens (tertiary/aromatic N) is 3. The van der Waals surface area contributed by atoms with Crippen molar-refractivity contribution < 1.29 is 23.1 Å². The molecule has 7 nitrogen and oxygen atoms in total. The topological polar surface area (TPSA) is 97.1 Å². The van der Waals surface area contributed by atoms with E-state index in [9.17, 15) is 27.9 Å². The molecule has 2 N–H and O–H groups in total. The van der Waals surface area contributed by atoms with Gasteiger partial charge in [-0.05, 0) is 55.7 Å². The average Bonchev–Trinajstić information content (AvgIpc) is 3.18. The molecule has 3 aromatic rings. The van der Waals surface area contributed by atoms with Gasteiger partial charge in [-0.1, -0.05) is 6.07 Å². The first kappa shape index (κ1) is 21.7. The molecule has 166 valence electrons. The molecule has 0 bridgehead atoms. The zero-order valence-corrected chi connectivity index (χ0v) is 16.7. The van der Waals surface area contributed by atoms with Gasteiger partial charge in [0.2, 0.25) is 0 Å². The summed E-state index contributed by atoms with van der Waals surface area (Å²) in [7, 11) is 0. The molecule has 0 radical (unpaired) electrons. The van der Waals surface area contributed by atoms with E-state index < -0.39 is 41.5 Å². The molecule has 1 amide bonds. The SMILES string of the molecule is O=C(N[C@H]1CCC[C@H]1O)c1cc(-c2ccc(C(F)F)nc2)nn(-c2cccc(F)c2)c1=O. The van der Waals surface area contributed by atoms with Crippen LogP contribution in [0.25, 0.3) is 16.9 Å². The first-order valence-electron chi connectivity index (χ1n) is 9.97. The van der Waals surface area contributed by atoms with Gasteiger partial charge in [0.25, 0.3) is 17.9 Å². The minimum Gasteiger partial charge on any atom is -0.391 e. The van der Waals surface area contributed by atoms with Crippen LogP contribution in [0.1, 0.15) is 41.7 Å². The minimum absolute atomic E-state index is 0.0870. The van der Waals surface area contributed by atoms with Crippen molar-refractivity contribution in [3.05, 3.63) is 76.1 Å². The Morgan fingerprint density at radius 2 is 2.00 bits per heavy atom. The van der Waals surface area contributed by atoms with Crippen molar-refractivity contribution in [3.8, 4) is 16.9 Å². The van der Waals surface area contributed by atoms with Gasteiger partial charge in [-0.3, -0.25) is 14.6 Å². The summed E-state index contributed by atoms with van der Waals surface area (Å²) in [6.45, 7) is 0. The maximum Gasteiger partial charge on any atom is 0.284 e. The summed E-state index contributed by atoms with van der Waals surface area (Å²) in [6, 6.07) is 8.31. The summed E-state index contributed by atoms with van der Waals surface area (Å²) in [6.07, 6.45) is -0.450. The molecule has 1 aliphatic carbocycles. The van der Waals surface area contributed by atoms with Gasteiger partial charge in [0.15, 0.2) is 0 Å². The zero-order valence-electron chi connectivity index (χ0n) is 16.7. The number of carbonyl (C=O) groups is 1. The van der Waals surface area contributed by atoms with Gasteiger partial charge >= 0.3 is 0 Å². The molecule has 10 heteroatoms. The number of hydrogen-bond acceptors (Lipinski definition) is 5. The summed E-state index contributed by atoms with van der Waals surface area (Å²) in [5.41, 5.74) is -1.02. The molecule has 2 atom stereocenters. The molecule has 0 unspecified atom stereocenters. The average molecular weight is 444 g/mol. The molecule has 2 aromatic heterocycles. The van der Waals surface area contributed by atoms with Gasteiger partial charge in [-0.15, -0.1) is 0 Å². The Labute approximate surface area is 180 Å². The molecule has 32 heavy (non-hydrogen) atoms. The van der Waals surface area contributed by atoms with E-state index in [0.29, 0.717) is 12.8 Å². The lowest BCUT2D eigenvalue weighted by Gasteiger charge is -2.17. The second-order valence-corrected chi connectivity index (χ2v) is 7.49. The van der Waals surface area contributed by atoms with Crippen LogP contribution in [0.5, 0.6) is 0 Å². The first-order chi connectivity index (χ1) is 15.3. The second-order valence-electron chi connectivity index (χ2n) is 7.49. The number of halogens is 3. The molecule has 1 aliphatic rings. The smallest absolute Gasteiger partial charge is 0.284 e. The Balaban J connectivity index is 1.81. The molecule has 0 spiro atoms. The van der Waals surface area contributed by atoms with E-state index in [1.165, 1.54) is 30.3 Å². The number of pyridine rings is 1. The van der Waals surface area contributed by atoms with Gasteiger partial charge in [-0.25, -0.2) is 13.2 Å². The van der Waals surface area contributed by atoms with E-state index in [-0.39, 0.29) is 22.5 Å². The van der Waals surface area contributed by atoms with Crippen LogP contribution < -0.4 is 10.9 Å². The summed E-state index contributed by atoms with van der Waals surface area (Å²) in [4.78, 5) is 29.6. The number of aliphatic hydroxyl groups excluding tert-OH is 1. The molecular weight excluding hydrogens is 425 g/mol. The van der Waals surface area contributed by atoms with Crippen LogP contribution in [0.3, 0.4) is 0 Å². The van der Waals surface area contributed by atoms with Gasteiger partial charge in [-0.2, -0.15) is 9.78 Å². The van der Waals surface area contributed by atoms with Crippen LogP contribution in [0.15, 0.2) is 53.5 Å². The third kappa shape index (κ3) is 4.40. The number of alkyl halides is 2. The molecule has 0 saturated heterocycles. The Kier molecular flexibility index (Phi) is 6.04. The van der Waals surface area contributed by atoms with Gasteiger partial charge in [0, 0.05) is 11.8 Å². The van der Waals surface area contributed by atoms with Crippen LogP contribution in [-0.4, -0.2) is 37.9 Å². The van der Waals surface area contributed by atoms with Gasteiger partial charge in [0.1, 0.15) is 17.1 Å². The lowest BCUT2D eigenvalue weighted by molar-refractivity contribution is 0.0871. The van der Waals surface area contributed by atoms with E-state index in [1.807, 2.05) is 0 Å². The van der Waals surface area contributed by atoms with Crippen LogP contribution in [-0.2, 0) is 0 Å².